The summed E-state index contributed by atoms with van der Waals surface area (Å²) in [6.07, 6.45) is 12.0. The van der Waals surface area contributed by atoms with Gasteiger partial charge >= 0.3 is 0 Å². The van der Waals surface area contributed by atoms with Crippen LogP contribution >= 0.6 is 38.5 Å². The lowest BCUT2D eigenvalue weighted by molar-refractivity contribution is 1.51. The summed E-state index contributed by atoms with van der Waals surface area (Å²) < 4.78 is 2.06. The summed E-state index contributed by atoms with van der Waals surface area (Å²) in [6.45, 7) is 5.67. The summed E-state index contributed by atoms with van der Waals surface area (Å²) >= 11 is 5.65. The van der Waals surface area contributed by atoms with E-state index in [2.05, 4.69) is 61.3 Å². The maximum atomic E-state index is 3.66. The lowest BCUT2D eigenvalue weighted by Crippen LogP contribution is -1.82. The molecule has 0 radical (unpaired) electrons. The lowest BCUT2D eigenvalue weighted by atomic mass is 10.1. The molecule has 0 amide bonds. The summed E-state index contributed by atoms with van der Waals surface area (Å²) in [5.74, 6) is 0. The van der Waals surface area contributed by atoms with Crippen LogP contribution in [0.5, 0.6) is 0 Å². The van der Waals surface area contributed by atoms with Gasteiger partial charge in [-0.1, -0.05) is 81.6 Å². The van der Waals surface area contributed by atoms with Crippen molar-refractivity contribution >= 4 is 38.5 Å². The largest absolute Gasteiger partial charge is 0.0991 e. The Morgan fingerprint density at radius 2 is 2.07 bits per heavy atom. The van der Waals surface area contributed by atoms with Crippen LogP contribution in [0.25, 0.3) is 0 Å². The van der Waals surface area contributed by atoms with E-state index in [1.807, 2.05) is 25.2 Å². The van der Waals surface area contributed by atoms with Crippen molar-refractivity contribution in [3.63, 3.8) is 0 Å². The van der Waals surface area contributed by atoms with Crippen LogP contribution < -0.4 is 0 Å². The van der Waals surface area contributed by atoms with E-state index in [0.29, 0.717) is 0 Å². The lowest BCUT2D eigenvalue weighted by Gasteiger charge is -2.01. The third-order valence-corrected chi connectivity index (χ3v) is 2.50. The van der Waals surface area contributed by atoms with Gasteiger partial charge in [0, 0.05) is 5.33 Å². The molecule has 0 unspecified atom stereocenters. The first kappa shape index (κ1) is 13.9. The molecular formula is C12H14BrI. The Hall–Kier alpha value is -0.0900. The quantitative estimate of drug-likeness (QED) is 0.368. The minimum Gasteiger partial charge on any atom is -0.0991 e. The van der Waals surface area contributed by atoms with Gasteiger partial charge in [-0.05, 0) is 22.2 Å². The first-order chi connectivity index (χ1) is 6.79. The van der Waals surface area contributed by atoms with Gasteiger partial charge in [0.25, 0.3) is 0 Å². The fourth-order valence-corrected chi connectivity index (χ4v) is 1.83. The van der Waals surface area contributed by atoms with Crippen molar-refractivity contribution in [3.8, 4) is 0 Å². The highest BCUT2D eigenvalue weighted by Crippen LogP contribution is 2.16. The molecule has 0 aromatic carbocycles. The second-order valence-electron chi connectivity index (χ2n) is 2.47. The maximum absolute atomic E-state index is 3.66. The van der Waals surface area contributed by atoms with E-state index < -0.39 is 0 Å². The van der Waals surface area contributed by atoms with Crippen molar-refractivity contribution < 1.29 is 0 Å². The third kappa shape index (κ3) is 5.60. The summed E-state index contributed by atoms with van der Waals surface area (Å²) in [5.41, 5.74) is 2.42. The Kier molecular flexibility index (Phi) is 9.40. The molecular weight excluding hydrogens is 351 g/mol. The summed E-state index contributed by atoms with van der Waals surface area (Å²) in [5, 5.41) is 0.864. The molecule has 0 aliphatic heterocycles. The Labute approximate surface area is 108 Å². The van der Waals surface area contributed by atoms with E-state index in [1.54, 1.807) is 6.08 Å². The van der Waals surface area contributed by atoms with Gasteiger partial charge in [-0.15, -0.1) is 0 Å². The Morgan fingerprint density at radius 3 is 2.50 bits per heavy atom. The van der Waals surface area contributed by atoms with E-state index in [-0.39, 0.29) is 0 Å². The van der Waals surface area contributed by atoms with Crippen molar-refractivity contribution in [2.75, 3.05) is 5.33 Å². The smallest absolute Gasteiger partial charge is 0.0221 e. The molecule has 0 saturated heterocycles. The molecule has 0 rings (SSSR count). The van der Waals surface area contributed by atoms with Crippen LogP contribution in [0.3, 0.4) is 0 Å². The molecule has 0 nitrogen and oxygen atoms in total. The second kappa shape index (κ2) is 9.46. The normalized spacial score (nSPS) is 14.2. The van der Waals surface area contributed by atoms with Gasteiger partial charge in [0.1, 0.15) is 0 Å². The van der Waals surface area contributed by atoms with E-state index in [0.717, 1.165) is 5.33 Å². The fraction of sp³-hybridized carbons (Fsp3) is 0.167. The van der Waals surface area contributed by atoms with Crippen molar-refractivity contribution in [1.82, 2.24) is 0 Å². The van der Waals surface area contributed by atoms with Gasteiger partial charge < -0.3 is 0 Å². The van der Waals surface area contributed by atoms with E-state index >= 15 is 0 Å². The molecule has 76 valence electrons. The van der Waals surface area contributed by atoms with Crippen LogP contribution in [-0.4, -0.2) is 5.33 Å². The van der Waals surface area contributed by atoms with E-state index in [4.69, 9.17) is 0 Å². The van der Waals surface area contributed by atoms with Crippen molar-refractivity contribution in [2.45, 2.75) is 6.92 Å². The maximum Gasteiger partial charge on any atom is 0.0221 e. The topological polar surface area (TPSA) is 0 Å². The van der Waals surface area contributed by atoms with Gasteiger partial charge in [-0.3, -0.25) is 0 Å². The van der Waals surface area contributed by atoms with E-state index in [9.17, 15) is 0 Å². The number of allylic oxidation sites excluding steroid dienone is 8. The van der Waals surface area contributed by atoms with Gasteiger partial charge in [0.2, 0.25) is 0 Å². The van der Waals surface area contributed by atoms with Gasteiger partial charge in [-0.2, -0.15) is 0 Å². The molecule has 0 aromatic heterocycles. The average molecular weight is 365 g/mol. The molecule has 0 N–H and O–H groups in total. The molecule has 2 heteroatoms. The minimum absolute atomic E-state index is 0.864. The Morgan fingerprint density at radius 1 is 1.36 bits per heavy atom. The number of rotatable bonds is 5. The van der Waals surface area contributed by atoms with Gasteiger partial charge in [0.05, 0.1) is 0 Å². The van der Waals surface area contributed by atoms with Crippen LogP contribution in [-0.2, 0) is 0 Å². The van der Waals surface area contributed by atoms with E-state index in [1.165, 1.54) is 11.1 Å². The minimum atomic E-state index is 0.864. The Balaban J connectivity index is 4.87. The molecule has 0 aromatic rings. The second-order valence-corrected chi connectivity index (χ2v) is 3.74. The number of hydrogen-bond donors (Lipinski definition) is 0. The zero-order valence-electron chi connectivity index (χ0n) is 8.21. The summed E-state index contributed by atoms with van der Waals surface area (Å²) in [4.78, 5) is 0. The SMILES string of the molecule is C=C\C=C/C(=C\I)C(/C=C\C)=C\CBr. The average Bonchev–Trinajstić information content (AvgIpc) is 2.19. The van der Waals surface area contributed by atoms with Crippen molar-refractivity contribution in [1.29, 1.82) is 0 Å². The standard InChI is InChI=1S/C12H14BrI/c1-3-5-7-12(10-14)11(6-4-2)8-9-13/h3-8,10H,1,9H2,2H3/b6-4-,7-5-,11-8-,12-10+. The van der Waals surface area contributed by atoms with Crippen molar-refractivity contribution in [2.24, 2.45) is 0 Å². The molecule has 0 saturated carbocycles. The predicted octanol–water partition coefficient (Wildman–Crippen LogP) is 4.94. The molecule has 0 aliphatic carbocycles. The van der Waals surface area contributed by atoms with Crippen LogP contribution in [0, 0.1) is 0 Å². The first-order valence-corrected chi connectivity index (χ1v) is 6.65. The highest BCUT2D eigenvalue weighted by molar-refractivity contribution is 14.1. The molecule has 0 heterocycles. The molecule has 14 heavy (non-hydrogen) atoms. The highest BCUT2D eigenvalue weighted by Gasteiger charge is 1.95. The highest BCUT2D eigenvalue weighted by atomic mass is 127. The number of hydrogen-bond acceptors (Lipinski definition) is 0. The number of halogens is 2. The molecule has 0 fully saturated rings. The van der Waals surface area contributed by atoms with Crippen LogP contribution in [0.15, 0.2) is 58.3 Å². The van der Waals surface area contributed by atoms with Crippen molar-refractivity contribution in [3.05, 3.63) is 58.3 Å². The first-order valence-electron chi connectivity index (χ1n) is 4.28. The summed E-state index contributed by atoms with van der Waals surface area (Å²) in [7, 11) is 0. The Bertz CT molecular complexity index is 283. The van der Waals surface area contributed by atoms with Crippen LogP contribution in [0.4, 0.5) is 0 Å². The number of alkyl halides is 1. The monoisotopic (exact) mass is 364 g/mol. The van der Waals surface area contributed by atoms with Crippen LogP contribution in [0.1, 0.15) is 6.92 Å². The molecule has 0 atom stereocenters. The molecule has 0 aliphatic rings. The van der Waals surface area contributed by atoms with Gasteiger partial charge in [0.15, 0.2) is 0 Å². The molecule has 0 bridgehead atoms. The third-order valence-electron chi connectivity index (χ3n) is 1.51. The molecule has 0 spiro atoms. The predicted molar refractivity (Wildman–Crippen MR) is 78.1 cm³/mol. The summed E-state index contributed by atoms with van der Waals surface area (Å²) in [6, 6.07) is 0. The fourth-order valence-electron chi connectivity index (χ4n) is 0.912. The zero-order valence-corrected chi connectivity index (χ0v) is 12.0. The zero-order chi connectivity index (χ0) is 10.8. The van der Waals surface area contributed by atoms with Crippen LogP contribution in [0.2, 0.25) is 0 Å². The van der Waals surface area contributed by atoms with Gasteiger partial charge in [-0.25, -0.2) is 0 Å².